The van der Waals surface area contributed by atoms with Gasteiger partial charge in [0.25, 0.3) is 0 Å². The zero-order chi connectivity index (χ0) is 8.85. The first-order valence-corrected chi connectivity index (χ1v) is 3.37. The Morgan fingerprint density at radius 2 is 2.18 bits per heavy atom. The van der Waals surface area contributed by atoms with Gasteiger partial charge in [-0.05, 0) is 12.3 Å². The molecule has 0 aliphatic rings. The largest absolute Gasteiger partial charge is 0.355 e. The third-order valence-corrected chi connectivity index (χ3v) is 1.16. The molecule has 2 N–H and O–H groups in total. The number of nitrogens with two attached hydrogens (primary N) is 1. The summed E-state index contributed by atoms with van der Waals surface area (Å²) in [6.07, 6.45) is 0.494. The summed E-state index contributed by atoms with van der Waals surface area (Å²) >= 11 is 0. The molecule has 11 heavy (non-hydrogen) atoms. The van der Waals surface area contributed by atoms with Crippen LogP contribution in [0.4, 0.5) is 0 Å². The van der Waals surface area contributed by atoms with Crippen LogP contribution in [0, 0.1) is 10.8 Å². The van der Waals surface area contributed by atoms with Crippen molar-refractivity contribution in [1.82, 2.24) is 0 Å². The van der Waals surface area contributed by atoms with Gasteiger partial charge in [-0.2, -0.15) is 0 Å². The maximum absolute atomic E-state index is 10.6. The Hall–Kier alpha value is -0.970. The molecule has 5 nitrogen and oxygen atoms in total. The molecule has 0 aromatic heterocycles. The van der Waals surface area contributed by atoms with Gasteiger partial charge in [0.15, 0.2) is 5.34 Å². The standard InChI is InChI=1S/C6H12N2O3/c1-4(2)3-5(7)6(9)11-8-10/h4-5H,3,7H2,1-2H3/t5-/m0/s1. The van der Waals surface area contributed by atoms with Crippen molar-refractivity contribution in [2.24, 2.45) is 17.0 Å². The lowest BCUT2D eigenvalue weighted by atomic mass is 10.1. The number of carbonyl (C=O) groups excluding carboxylic acids is 1. The second kappa shape index (κ2) is 4.79. The Labute approximate surface area is 64.8 Å². The van der Waals surface area contributed by atoms with Crippen molar-refractivity contribution >= 4 is 5.97 Å². The zero-order valence-corrected chi connectivity index (χ0v) is 6.61. The van der Waals surface area contributed by atoms with E-state index in [1.807, 2.05) is 19.2 Å². The maximum Gasteiger partial charge on any atom is 0.355 e. The highest BCUT2D eigenvalue weighted by Crippen LogP contribution is 2.03. The van der Waals surface area contributed by atoms with Crippen molar-refractivity contribution < 1.29 is 9.63 Å². The first-order chi connectivity index (χ1) is 5.07. The first-order valence-electron chi connectivity index (χ1n) is 3.37. The molecule has 0 spiro atoms. The number of rotatable bonds is 4. The van der Waals surface area contributed by atoms with Gasteiger partial charge in [0.2, 0.25) is 0 Å². The van der Waals surface area contributed by atoms with E-state index >= 15 is 0 Å². The molecule has 0 heterocycles. The van der Waals surface area contributed by atoms with Crippen LogP contribution in [-0.4, -0.2) is 12.0 Å². The fourth-order valence-corrected chi connectivity index (χ4v) is 0.709. The lowest BCUT2D eigenvalue weighted by molar-refractivity contribution is -0.145. The van der Waals surface area contributed by atoms with Crippen molar-refractivity contribution in [1.29, 1.82) is 0 Å². The van der Waals surface area contributed by atoms with Crippen LogP contribution < -0.4 is 5.73 Å². The monoisotopic (exact) mass is 160 g/mol. The van der Waals surface area contributed by atoms with Crippen LogP contribution in [0.3, 0.4) is 0 Å². The lowest BCUT2D eigenvalue weighted by Gasteiger charge is -2.08. The highest BCUT2D eigenvalue weighted by atomic mass is 16.7. The highest BCUT2D eigenvalue weighted by molar-refractivity contribution is 5.75. The Bertz CT molecular complexity index is 147. The SMILES string of the molecule is CC(C)C[C@H](N)C(=O)ON=O. The smallest absolute Gasteiger partial charge is 0.318 e. The van der Waals surface area contributed by atoms with Gasteiger partial charge in [-0.1, -0.05) is 13.8 Å². The first kappa shape index (κ1) is 10.0. The van der Waals surface area contributed by atoms with E-state index in [1.54, 1.807) is 0 Å². The Morgan fingerprint density at radius 1 is 1.64 bits per heavy atom. The van der Waals surface area contributed by atoms with Gasteiger partial charge in [-0.15, -0.1) is 4.91 Å². The molecule has 5 heteroatoms. The van der Waals surface area contributed by atoms with Crippen LogP contribution in [0.15, 0.2) is 5.34 Å². The van der Waals surface area contributed by atoms with E-state index in [-0.39, 0.29) is 0 Å². The molecule has 1 atom stereocenters. The highest BCUT2D eigenvalue weighted by Gasteiger charge is 2.16. The molecule has 0 bridgehead atoms. The van der Waals surface area contributed by atoms with E-state index in [0.29, 0.717) is 12.3 Å². The van der Waals surface area contributed by atoms with Gasteiger partial charge in [0, 0.05) is 0 Å². The van der Waals surface area contributed by atoms with E-state index < -0.39 is 12.0 Å². The molecule has 64 valence electrons. The zero-order valence-electron chi connectivity index (χ0n) is 6.61. The molecule has 0 rings (SSSR count). The van der Waals surface area contributed by atoms with Crippen molar-refractivity contribution in [2.75, 3.05) is 0 Å². The molecule has 0 aromatic carbocycles. The summed E-state index contributed by atoms with van der Waals surface area (Å²) in [6.45, 7) is 3.84. The fraction of sp³-hybridized carbons (Fsp3) is 0.833. The Balaban J connectivity index is 3.72. The normalized spacial score (nSPS) is 12.7. The number of nitrogens with zero attached hydrogens (tertiary/aromatic N) is 1. The maximum atomic E-state index is 10.6. The molecule has 0 radical (unpaired) electrons. The minimum Gasteiger partial charge on any atom is -0.318 e. The molecule has 0 amide bonds. The van der Waals surface area contributed by atoms with Crippen LogP contribution in [0.5, 0.6) is 0 Å². The summed E-state index contributed by atoms with van der Waals surface area (Å²) < 4.78 is 0. The quantitative estimate of drug-likeness (QED) is 0.481. The van der Waals surface area contributed by atoms with Crippen molar-refractivity contribution in [3.8, 4) is 0 Å². The van der Waals surface area contributed by atoms with Gasteiger partial charge in [0.1, 0.15) is 6.04 Å². The third kappa shape index (κ3) is 4.44. The Kier molecular flexibility index (Phi) is 4.36. The fourth-order valence-electron chi connectivity index (χ4n) is 0.709. The van der Waals surface area contributed by atoms with Crippen molar-refractivity contribution in [2.45, 2.75) is 26.3 Å². The summed E-state index contributed by atoms with van der Waals surface area (Å²) in [6, 6.07) is -0.743. The molecular weight excluding hydrogens is 148 g/mol. The van der Waals surface area contributed by atoms with Gasteiger partial charge >= 0.3 is 5.97 Å². The lowest BCUT2D eigenvalue weighted by Crippen LogP contribution is -2.32. The molecule has 0 aliphatic heterocycles. The number of carbonyl (C=O) groups is 1. The molecule has 0 fully saturated rings. The van der Waals surface area contributed by atoms with E-state index in [2.05, 4.69) is 4.84 Å². The summed E-state index contributed by atoms with van der Waals surface area (Å²) in [4.78, 5) is 23.9. The topological polar surface area (TPSA) is 81.8 Å². The van der Waals surface area contributed by atoms with E-state index in [9.17, 15) is 9.70 Å². The van der Waals surface area contributed by atoms with Crippen molar-refractivity contribution in [3.05, 3.63) is 4.91 Å². The van der Waals surface area contributed by atoms with E-state index in [0.717, 1.165) is 0 Å². The van der Waals surface area contributed by atoms with Gasteiger partial charge in [-0.3, -0.25) is 4.84 Å². The van der Waals surface area contributed by atoms with Gasteiger partial charge < -0.3 is 5.73 Å². The van der Waals surface area contributed by atoms with Crippen LogP contribution >= 0.6 is 0 Å². The van der Waals surface area contributed by atoms with Crippen LogP contribution in [0.25, 0.3) is 0 Å². The number of hydrogen-bond donors (Lipinski definition) is 1. The average Bonchev–Trinajstić information content (AvgIpc) is 1.86. The minimum absolute atomic E-state index is 0.296. The van der Waals surface area contributed by atoms with Crippen LogP contribution in [-0.2, 0) is 9.63 Å². The second-order valence-electron chi connectivity index (χ2n) is 2.72. The van der Waals surface area contributed by atoms with Crippen molar-refractivity contribution in [3.63, 3.8) is 0 Å². The summed E-state index contributed by atoms with van der Waals surface area (Å²) in [7, 11) is 0. The Morgan fingerprint density at radius 3 is 2.55 bits per heavy atom. The van der Waals surface area contributed by atoms with Crippen LogP contribution in [0.1, 0.15) is 20.3 Å². The number of hydrogen-bond acceptors (Lipinski definition) is 5. The molecule has 0 saturated carbocycles. The summed E-state index contributed by atoms with van der Waals surface area (Å²) in [5.74, 6) is -0.474. The van der Waals surface area contributed by atoms with Crippen LogP contribution in [0.2, 0.25) is 0 Å². The summed E-state index contributed by atoms with van der Waals surface area (Å²) in [5, 5.41) is 1.98. The predicted octanol–water partition coefficient (Wildman–Crippen LogP) is 0.584. The van der Waals surface area contributed by atoms with Gasteiger partial charge in [0.05, 0.1) is 0 Å². The summed E-state index contributed by atoms with van der Waals surface area (Å²) in [5.41, 5.74) is 5.33. The average molecular weight is 160 g/mol. The molecule has 0 saturated heterocycles. The van der Waals surface area contributed by atoms with E-state index in [1.165, 1.54) is 0 Å². The second-order valence-corrected chi connectivity index (χ2v) is 2.72. The van der Waals surface area contributed by atoms with E-state index in [4.69, 9.17) is 5.73 Å². The molecular formula is C6H12N2O3. The predicted molar refractivity (Wildman–Crippen MR) is 39.3 cm³/mol. The third-order valence-electron chi connectivity index (χ3n) is 1.16. The minimum atomic E-state index is -0.770. The molecule has 0 unspecified atom stereocenters. The molecule has 0 aliphatic carbocycles. The molecule has 0 aromatic rings. The van der Waals surface area contributed by atoms with Gasteiger partial charge in [-0.25, -0.2) is 4.79 Å².